The molecule has 0 bridgehead atoms. The zero-order valence-corrected chi connectivity index (χ0v) is 17.4. The van der Waals surface area contributed by atoms with E-state index in [2.05, 4.69) is 20.1 Å². The summed E-state index contributed by atoms with van der Waals surface area (Å²) in [5.41, 5.74) is 1.95. The van der Waals surface area contributed by atoms with E-state index in [1.54, 1.807) is 30.1 Å². The molecule has 0 aliphatic carbocycles. The summed E-state index contributed by atoms with van der Waals surface area (Å²) in [4.78, 5) is 27.6. The molecule has 2 aliphatic heterocycles. The number of rotatable bonds is 4. The number of carbonyl (C=O) groups is 1. The maximum Gasteiger partial charge on any atom is 0.277 e. The van der Waals surface area contributed by atoms with Crippen LogP contribution in [0.4, 0.5) is 0 Å². The highest BCUT2D eigenvalue weighted by atomic mass is 16.5. The number of benzene rings is 1. The van der Waals surface area contributed by atoms with Gasteiger partial charge in [-0.05, 0) is 36.6 Å². The van der Waals surface area contributed by atoms with Crippen LogP contribution >= 0.6 is 0 Å². The van der Waals surface area contributed by atoms with Crippen molar-refractivity contribution in [2.24, 2.45) is 12.0 Å². The van der Waals surface area contributed by atoms with Crippen LogP contribution in [0.25, 0.3) is 17.1 Å². The van der Waals surface area contributed by atoms with Crippen LogP contribution in [-0.4, -0.2) is 50.0 Å². The van der Waals surface area contributed by atoms with Crippen LogP contribution in [0.2, 0.25) is 0 Å². The van der Waals surface area contributed by atoms with Crippen molar-refractivity contribution in [3.05, 3.63) is 42.0 Å². The summed E-state index contributed by atoms with van der Waals surface area (Å²) in [5, 5.41) is 4.91. The number of amidine groups is 1. The highest BCUT2D eigenvalue weighted by molar-refractivity contribution is 6.14. The number of aromatic nitrogens is 4. The molecule has 1 aromatic carbocycles. The fraction of sp³-hybridized carbons (Fsp3) is 0.318. The van der Waals surface area contributed by atoms with E-state index in [0.29, 0.717) is 34.1 Å². The maximum absolute atomic E-state index is 12.8. The third-order valence-electron chi connectivity index (χ3n) is 5.50. The Balaban J connectivity index is 1.44. The third kappa shape index (κ3) is 3.52. The van der Waals surface area contributed by atoms with Crippen LogP contribution in [-0.2, 0) is 11.8 Å². The third-order valence-corrected chi connectivity index (χ3v) is 5.50. The van der Waals surface area contributed by atoms with Gasteiger partial charge in [0.25, 0.3) is 5.91 Å². The molecular weight excluding hydrogens is 396 g/mol. The van der Waals surface area contributed by atoms with E-state index in [9.17, 15) is 4.79 Å². The van der Waals surface area contributed by atoms with E-state index < -0.39 is 0 Å². The molecule has 2 aromatic heterocycles. The normalized spacial score (nSPS) is 17.6. The maximum atomic E-state index is 12.8. The molecule has 9 nitrogen and oxygen atoms in total. The van der Waals surface area contributed by atoms with E-state index in [1.807, 2.05) is 24.1 Å². The molecule has 1 fully saturated rings. The SMILES string of the molecule is COc1cc(C=C2N=C3CCCCCN3C2=O)ccc1Oc1ncnc2c1cnn2C. The summed E-state index contributed by atoms with van der Waals surface area (Å²) in [6, 6.07) is 5.48. The number of fused-ring (bicyclic) bond motifs is 2. The van der Waals surface area contributed by atoms with Crippen molar-refractivity contribution in [2.75, 3.05) is 13.7 Å². The highest BCUT2D eigenvalue weighted by Gasteiger charge is 2.30. The number of hydrogen-bond acceptors (Lipinski definition) is 7. The lowest BCUT2D eigenvalue weighted by atomic mass is 10.1. The average Bonchev–Trinajstić information content (AvgIpc) is 3.19. The first-order chi connectivity index (χ1) is 15.1. The Morgan fingerprint density at radius 2 is 2.03 bits per heavy atom. The summed E-state index contributed by atoms with van der Waals surface area (Å²) in [7, 11) is 3.38. The molecule has 158 valence electrons. The summed E-state index contributed by atoms with van der Waals surface area (Å²) >= 11 is 0. The molecule has 0 atom stereocenters. The van der Waals surface area contributed by atoms with Crippen LogP contribution in [0.15, 0.2) is 41.4 Å². The molecule has 3 aromatic rings. The van der Waals surface area contributed by atoms with Gasteiger partial charge >= 0.3 is 0 Å². The number of hydrogen-bond donors (Lipinski definition) is 0. The number of carbonyl (C=O) groups excluding carboxylic acids is 1. The van der Waals surface area contributed by atoms with Crippen molar-refractivity contribution < 1.29 is 14.3 Å². The highest BCUT2D eigenvalue weighted by Crippen LogP contribution is 2.35. The molecule has 1 saturated heterocycles. The van der Waals surface area contributed by atoms with Gasteiger partial charge in [0.15, 0.2) is 17.1 Å². The van der Waals surface area contributed by atoms with E-state index >= 15 is 0 Å². The van der Waals surface area contributed by atoms with E-state index in [0.717, 1.165) is 43.6 Å². The quantitative estimate of drug-likeness (QED) is 0.603. The standard InChI is InChI=1S/C22H22N6O3/c1-27-20-15(12-25-27)21(24-13-23-20)31-17-8-7-14(11-18(17)30-2)10-16-22(29)28-9-5-3-4-6-19(28)26-16/h7-8,10-13H,3-6,9H2,1-2H3. The minimum Gasteiger partial charge on any atom is -0.493 e. The summed E-state index contributed by atoms with van der Waals surface area (Å²) < 4.78 is 13.2. The van der Waals surface area contributed by atoms with Crippen molar-refractivity contribution in [1.82, 2.24) is 24.6 Å². The van der Waals surface area contributed by atoms with Crippen LogP contribution in [0.1, 0.15) is 31.2 Å². The van der Waals surface area contributed by atoms with Crippen molar-refractivity contribution in [1.29, 1.82) is 0 Å². The second-order valence-corrected chi connectivity index (χ2v) is 7.52. The van der Waals surface area contributed by atoms with Gasteiger partial charge in [0.2, 0.25) is 5.88 Å². The number of aliphatic imine (C=N–C) groups is 1. The van der Waals surface area contributed by atoms with Gasteiger partial charge in [0.1, 0.15) is 23.2 Å². The zero-order chi connectivity index (χ0) is 21.4. The Kier molecular flexibility index (Phi) is 4.85. The largest absolute Gasteiger partial charge is 0.493 e. The van der Waals surface area contributed by atoms with Crippen LogP contribution in [0, 0.1) is 0 Å². The predicted octanol–water partition coefficient (Wildman–Crippen LogP) is 3.32. The van der Waals surface area contributed by atoms with Crippen molar-refractivity contribution >= 4 is 28.9 Å². The molecule has 0 N–H and O–H groups in total. The summed E-state index contributed by atoms with van der Waals surface area (Å²) in [5.74, 6) is 2.28. The van der Waals surface area contributed by atoms with E-state index in [-0.39, 0.29) is 5.91 Å². The van der Waals surface area contributed by atoms with Gasteiger partial charge < -0.3 is 9.47 Å². The number of nitrogens with zero attached hydrogens (tertiary/aromatic N) is 6. The summed E-state index contributed by atoms with van der Waals surface area (Å²) in [6.45, 7) is 0.743. The second-order valence-electron chi connectivity index (χ2n) is 7.52. The fourth-order valence-electron chi connectivity index (χ4n) is 3.89. The van der Waals surface area contributed by atoms with Crippen LogP contribution in [0.5, 0.6) is 17.4 Å². The predicted molar refractivity (Wildman–Crippen MR) is 115 cm³/mol. The Bertz CT molecular complexity index is 1230. The Labute approximate surface area is 179 Å². The van der Waals surface area contributed by atoms with Gasteiger partial charge in [0, 0.05) is 20.0 Å². The fourth-order valence-corrected chi connectivity index (χ4v) is 3.89. The molecule has 0 unspecified atom stereocenters. The number of aryl methyl sites for hydroxylation is 1. The van der Waals surface area contributed by atoms with Gasteiger partial charge in [-0.2, -0.15) is 5.10 Å². The van der Waals surface area contributed by atoms with E-state index in [4.69, 9.17) is 9.47 Å². The Hall–Kier alpha value is -3.75. The molecule has 4 heterocycles. The first kappa shape index (κ1) is 19.2. The lowest BCUT2D eigenvalue weighted by Crippen LogP contribution is -2.31. The number of methoxy groups -OCH3 is 1. The zero-order valence-electron chi connectivity index (χ0n) is 17.4. The van der Waals surface area contributed by atoms with Crippen molar-refractivity contribution in [3.63, 3.8) is 0 Å². The number of ether oxygens (including phenoxy) is 2. The van der Waals surface area contributed by atoms with Crippen LogP contribution < -0.4 is 9.47 Å². The topological polar surface area (TPSA) is 94.7 Å². The number of amides is 1. The molecule has 5 rings (SSSR count). The Morgan fingerprint density at radius 3 is 2.90 bits per heavy atom. The molecule has 2 aliphatic rings. The first-order valence-electron chi connectivity index (χ1n) is 10.2. The van der Waals surface area contributed by atoms with Gasteiger partial charge in [-0.3, -0.25) is 14.4 Å². The smallest absolute Gasteiger partial charge is 0.277 e. The monoisotopic (exact) mass is 418 g/mol. The van der Waals surface area contributed by atoms with Crippen molar-refractivity contribution in [3.8, 4) is 17.4 Å². The molecule has 0 radical (unpaired) electrons. The first-order valence-corrected chi connectivity index (χ1v) is 10.2. The molecular formula is C22H22N6O3. The second kappa shape index (κ2) is 7.82. The van der Waals surface area contributed by atoms with Crippen molar-refractivity contribution in [2.45, 2.75) is 25.7 Å². The van der Waals surface area contributed by atoms with Gasteiger partial charge in [-0.15, -0.1) is 0 Å². The van der Waals surface area contributed by atoms with Gasteiger partial charge in [0.05, 0.1) is 13.3 Å². The molecule has 0 saturated carbocycles. The van der Waals surface area contributed by atoms with E-state index in [1.165, 1.54) is 6.33 Å². The Morgan fingerprint density at radius 1 is 1.13 bits per heavy atom. The minimum atomic E-state index is -0.0313. The van der Waals surface area contributed by atoms with Crippen LogP contribution in [0.3, 0.4) is 0 Å². The molecule has 9 heteroatoms. The average molecular weight is 418 g/mol. The lowest BCUT2D eigenvalue weighted by molar-refractivity contribution is -0.122. The van der Waals surface area contributed by atoms with Gasteiger partial charge in [-0.1, -0.05) is 12.5 Å². The summed E-state index contributed by atoms with van der Waals surface area (Å²) in [6.07, 6.45) is 8.97. The molecule has 0 spiro atoms. The van der Waals surface area contributed by atoms with Gasteiger partial charge in [-0.25, -0.2) is 15.0 Å². The minimum absolute atomic E-state index is 0.0313. The molecule has 1 amide bonds. The molecule has 31 heavy (non-hydrogen) atoms. The lowest BCUT2D eigenvalue weighted by Gasteiger charge is -2.14.